The minimum absolute atomic E-state index is 0.0410. The van der Waals surface area contributed by atoms with Crippen LogP contribution in [0.3, 0.4) is 0 Å². The molecule has 1 fully saturated rings. The van der Waals surface area contributed by atoms with Crippen LogP contribution in [0, 0.1) is 5.92 Å². The van der Waals surface area contributed by atoms with Crippen molar-refractivity contribution in [2.75, 3.05) is 30.3 Å². The number of carbonyl (C=O) groups is 1. The molecule has 1 saturated heterocycles. The first-order chi connectivity index (χ1) is 13.4. The van der Waals surface area contributed by atoms with E-state index in [-0.39, 0.29) is 11.7 Å². The topological polar surface area (TPSA) is 70.6 Å². The molecule has 0 radical (unpaired) electrons. The van der Waals surface area contributed by atoms with Crippen LogP contribution in [0.4, 0.5) is 5.69 Å². The molecule has 148 valence electrons. The smallest absolute Gasteiger partial charge is 0.258 e. The minimum Gasteiger partial charge on any atom is -0.306 e. The molecule has 0 bridgehead atoms. The van der Waals surface area contributed by atoms with Gasteiger partial charge in [0.05, 0.1) is 17.6 Å². The molecule has 8 heteroatoms. The number of sulfonamides is 1. The van der Waals surface area contributed by atoms with E-state index in [1.165, 1.54) is 4.31 Å². The van der Waals surface area contributed by atoms with E-state index in [4.69, 9.17) is 11.6 Å². The number of amides is 1. The van der Waals surface area contributed by atoms with Gasteiger partial charge in [-0.3, -0.25) is 9.78 Å². The van der Waals surface area contributed by atoms with Crippen molar-refractivity contribution < 1.29 is 13.2 Å². The maximum Gasteiger partial charge on any atom is 0.258 e. The molecule has 0 unspecified atom stereocenters. The molecule has 1 amide bonds. The lowest BCUT2D eigenvalue weighted by Crippen LogP contribution is -2.51. The van der Waals surface area contributed by atoms with Gasteiger partial charge in [0.2, 0.25) is 10.0 Å². The van der Waals surface area contributed by atoms with E-state index in [0.717, 1.165) is 29.7 Å². The highest BCUT2D eigenvalue weighted by Crippen LogP contribution is 2.28. The average Bonchev–Trinajstić information content (AvgIpc) is 2.64. The second-order valence-corrected chi connectivity index (χ2v) is 10.0. The Labute approximate surface area is 170 Å². The van der Waals surface area contributed by atoms with Crippen LogP contribution in [0.5, 0.6) is 0 Å². The summed E-state index contributed by atoms with van der Waals surface area (Å²) in [5.74, 6) is 0.389. The van der Waals surface area contributed by atoms with Gasteiger partial charge < -0.3 is 4.90 Å². The molecule has 2 aliphatic rings. The first-order valence-electron chi connectivity index (χ1n) is 9.39. The average molecular weight is 420 g/mol. The van der Waals surface area contributed by atoms with Gasteiger partial charge in [-0.05, 0) is 61.1 Å². The summed E-state index contributed by atoms with van der Waals surface area (Å²) in [6.45, 7) is 3.36. The minimum atomic E-state index is -3.10. The number of aromatic nitrogens is 1. The number of pyridine rings is 1. The van der Waals surface area contributed by atoms with Crippen molar-refractivity contribution in [2.24, 2.45) is 5.92 Å². The van der Waals surface area contributed by atoms with Crippen molar-refractivity contribution in [3.05, 3.63) is 58.4 Å². The summed E-state index contributed by atoms with van der Waals surface area (Å²) in [6, 6.07) is 7.36. The zero-order valence-electron chi connectivity index (χ0n) is 15.6. The number of halogens is 1. The van der Waals surface area contributed by atoms with Gasteiger partial charge in [0.15, 0.2) is 0 Å². The highest BCUT2D eigenvalue weighted by atomic mass is 35.5. The summed E-state index contributed by atoms with van der Waals surface area (Å²) in [6.07, 6.45) is 5.00. The van der Waals surface area contributed by atoms with Gasteiger partial charge in [-0.25, -0.2) is 12.7 Å². The van der Waals surface area contributed by atoms with Crippen LogP contribution >= 0.6 is 11.6 Å². The highest BCUT2D eigenvalue weighted by Gasteiger charge is 2.34. The van der Waals surface area contributed by atoms with Crippen LogP contribution in [0.15, 0.2) is 36.7 Å². The largest absolute Gasteiger partial charge is 0.306 e. The normalized spacial score (nSPS) is 18.1. The molecule has 0 atom stereocenters. The summed E-state index contributed by atoms with van der Waals surface area (Å²) in [7, 11) is -3.10. The predicted molar refractivity (Wildman–Crippen MR) is 109 cm³/mol. The number of hydrogen-bond acceptors (Lipinski definition) is 4. The zero-order valence-corrected chi connectivity index (χ0v) is 17.2. The third kappa shape index (κ3) is 3.66. The molecule has 0 spiro atoms. The molecule has 2 aliphatic heterocycles. The summed E-state index contributed by atoms with van der Waals surface area (Å²) < 4.78 is 25.3. The molecule has 28 heavy (non-hydrogen) atoms. The molecule has 4 rings (SSSR count). The first-order valence-corrected chi connectivity index (χ1v) is 11.4. The van der Waals surface area contributed by atoms with Crippen LogP contribution in [-0.4, -0.2) is 49.0 Å². The predicted octanol–water partition coefficient (Wildman–Crippen LogP) is 2.76. The Balaban J connectivity index is 1.46. The summed E-state index contributed by atoms with van der Waals surface area (Å²) in [5, 5.41) is 0.642. The number of benzene rings is 1. The Morgan fingerprint density at radius 2 is 2.00 bits per heavy atom. The van der Waals surface area contributed by atoms with Gasteiger partial charge >= 0.3 is 0 Å². The van der Waals surface area contributed by atoms with E-state index < -0.39 is 10.0 Å². The second-order valence-electron chi connectivity index (χ2n) is 7.35. The number of fused-ring (bicyclic) bond motifs is 1. The van der Waals surface area contributed by atoms with Crippen molar-refractivity contribution in [2.45, 2.75) is 19.8 Å². The molecule has 1 aromatic heterocycles. The lowest BCUT2D eigenvalue weighted by molar-refractivity contribution is 0.0980. The third-order valence-corrected chi connectivity index (χ3v) is 7.50. The Kier molecular flexibility index (Phi) is 5.16. The SMILES string of the molecule is CCS(=O)(=O)N1CC(Cc2cncc(N3CCc4cc(Cl)ccc4C3=O)c2)C1. The van der Waals surface area contributed by atoms with Gasteiger partial charge in [0, 0.05) is 36.4 Å². The summed E-state index contributed by atoms with van der Waals surface area (Å²) >= 11 is 6.04. The van der Waals surface area contributed by atoms with Crippen molar-refractivity contribution in [1.82, 2.24) is 9.29 Å². The Morgan fingerprint density at radius 1 is 1.21 bits per heavy atom. The van der Waals surface area contributed by atoms with Gasteiger partial charge in [-0.15, -0.1) is 0 Å². The molecule has 0 aliphatic carbocycles. The number of rotatable bonds is 5. The van der Waals surface area contributed by atoms with E-state index in [1.807, 2.05) is 12.1 Å². The van der Waals surface area contributed by atoms with Crippen LogP contribution in [0.1, 0.15) is 28.4 Å². The van der Waals surface area contributed by atoms with E-state index in [0.29, 0.717) is 36.1 Å². The van der Waals surface area contributed by atoms with Crippen LogP contribution in [0.25, 0.3) is 0 Å². The number of carbonyl (C=O) groups excluding carboxylic acids is 1. The fraction of sp³-hybridized carbons (Fsp3) is 0.400. The van der Waals surface area contributed by atoms with E-state index in [1.54, 1.807) is 36.4 Å². The quantitative estimate of drug-likeness (QED) is 0.747. The molecule has 3 heterocycles. The highest BCUT2D eigenvalue weighted by molar-refractivity contribution is 7.89. The Bertz CT molecular complexity index is 1020. The van der Waals surface area contributed by atoms with Crippen molar-refractivity contribution in [1.29, 1.82) is 0 Å². The van der Waals surface area contributed by atoms with Gasteiger partial charge in [0.25, 0.3) is 5.91 Å². The number of hydrogen-bond donors (Lipinski definition) is 0. The summed E-state index contributed by atoms with van der Waals surface area (Å²) in [5.41, 5.74) is 3.45. The lowest BCUT2D eigenvalue weighted by Gasteiger charge is -2.38. The van der Waals surface area contributed by atoms with Crippen molar-refractivity contribution in [3.63, 3.8) is 0 Å². The van der Waals surface area contributed by atoms with Gasteiger partial charge in [0.1, 0.15) is 0 Å². The van der Waals surface area contributed by atoms with Gasteiger partial charge in [-0.1, -0.05) is 11.6 Å². The first kappa shape index (κ1) is 19.4. The summed E-state index contributed by atoms with van der Waals surface area (Å²) in [4.78, 5) is 19.0. The molecule has 1 aromatic carbocycles. The second kappa shape index (κ2) is 7.46. The van der Waals surface area contributed by atoms with Crippen molar-refractivity contribution in [3.8, 4) is 0 Å². The zero-order chi connectivity index (χ0) is 19.9. The third-order valence-electron chi connectivity index (χ3n) is 5.45. The van der Waals surface area contributed by atoms with E-state index >= 15 is 0 Å². The number of anilines is 1. The molecular formula is C20H22ClN3O3S. The molecule has 2 aromatic rings. The lowest BCUT2D eigenvalue weighted by atomic mass is 9.94. The van der Waals surface area contributed by atoms with Gasteiger partial charge in [-0.2, -0.15) is 0 Å². The standard InChI is InChI=1S/C20H22ClN3O3S/c1-2-28(26,27)23-12-15(13-23)7-14-8-18(11-22-10-14)24-6-5-16-9-17(21)3-4-19(16)20(24)25/h3-4,8-11,15H,2,5-7,12-13H2,1H3. The Morgan fingerprint density at radius 3 is 2.75 bits per heavy atom. The van der Waals surface area contributed by atoms with Crippen LogP contribution < -0.4 is 4.90 Å². The maximum absolute atomic E-state index is 12.9. The maximum atomic E-state index is 12.9. The monoisotopic (exact) mass is 419 g/mol. The van der Waals surface area contributed by atoms with Crippen molar-refractivity contribution >= 4 is 33.2 Å². The van der Waals surface area contributed by atoms with E-state index in [2.05, 4.69) is 4.98 Å². The Hall–Kier alpha value is -1.96. The molecular weight excluding hydrogens is 398 g/mol. The van der Waals surface area contributed by atoms with E-state index in [9.17, 15) is 13.2 Å². The fourth-order valence-electron chi connectivity index (χ4n) is 3.83. The molecule has 6 nitrogen and oxygen atoms in total. The number of nitrogens with zero attached hydrogens (tertiary/aromatic N) is 3. The fourth-order valence-corrected chi connectivity index (χ4v) is 5.27. The molecule has 0 saturated carbocycles. The van der Waals surface area contributed by atoms with Crippen LogP contribution in [-0.2, 0) is 22.9 Å². The molecule has 0 N–H and O–H groups in total. The van der Waals surface area contributed by atoms with Crippen LogP contribution in [0.2, 0.25) is 5.02 Å².